The number of rotatable bonds is 17. The van der Waals surface area contributed by atoms with Crippen molar-refractivity contribution in [2.24, 2.45) is 0 Å². The lowest BCUT2D eigenvalue weighted by molar-refractivity contribution is -0.134. The van der Waals surface area contributed by atoms with Crippen LogP contribution in [0.15, 0.2) is 0 Å². The van der Waals surface area contributed by atoms with Gasteiger partial charge < -0.3 is 8.85 Å². The van der Waals surface area contributed by atoms with E-state index in [1.165, 1.54) is 0 Å². The van der Waals surface area contributed by atoms with Crippen molar-refractivity contribution in [2.45, 2.75) is 129 Å². The Bertz CT molecular complexity index is 384. The predicted molar refractivity (Wildman–Crippen MR) is 124 cm³/mol. The van der Waals surface area contributed by atoms with Gasteiger partial charge in [-0.1, -0.05) is 79.1 Å². The van der Waals surface area contributed by atoms with Crippen LogP contribution in [0, 0.1) is 0 Å². The fourth-order valence-electron chi connectivity index (χ4n) is 4.12. The summed E-state index contributed by atoms with van der Waals surface area (Å²) in [4.78, 5) is 23.9. The zero-order valence-electron chi connectivity index (χ0n) is 19.5. The Kier molecular flexibility index (Phi) is 14.9. The monoisotopic (exact) mass is 430 g/mol. The second kappa shape index (κ2) is 15.2. The largest absolute Gasteiger partial charge is 0.519 e. The quantitative estimate of drug-likeness (QED) is 0.229. The predicted octanol–water partition coefficient (Wildman–Crippen LogP) is 7.20. The molecule has 0 rings (SSSR count). The molecule has 0 aromatic carbocycles. The fraction of sp³-hybridized carbons (Fsp3) is 0.909. The van der Waals surface area contributed by atoms with Crippen LogP contribution in [0.25, 0.3) is 0 Å². The highest BCUT2D eigenvalue weighted by atomic mass is 28.4. The lowest BCUT2D eigenvalue weighted by Crippen LogP contribution is -2.45. The normalized spacial score (nSPS) is 12.1. The zero-order valence-corrected chi connectivity index (χ0v) is 21.5. The van der Waals surface area contributed by atoms with Crippen LogP contribution in [-0.4, -0.2) is 28.6 Å². The third-order valence-electron chi connectivity index (χ3n) is 5.70. The summed E-state index contributed by atoms with van der Waals surface area (Å²) in [5.41, 5.74) is 0. The van der Waals surface area contributed by atoms with E-state index in [1.807, 2.05) is 0 Å². The number of hydrogen-bond donors (Lipinski definition) is 0. The second-order valence-electron chi connectivity index (χ2n) is 8.47. The van der Waals surface area contributed by atoms with Gasteiger partial charge in [-0.05, 0) is 36.3 Å². The molecule has 0 bridgehead atoms. The van der Waals surface area contributed by atoms with E-state index in [4.69, 9.17) is 8.85 Å². The minimum absolute atomic E-state index is 0.124. The molecule has 0 heterocycles. The number of carbonyl (C=O) groups excluding carboxylic acids is 2. The summed E-state index contributed by atoms with van der Waals surface area (Å²) >= 11 is 0. The molecule has 28 heavy (non-hydrogen) atoms. The third kappa shape index (κ3) is 11.4. The van der Waals surface area contributed by atoms with Crippen molar-refractivity contribution in [1.82, 2.24) is 0 Å². The molecule has 6 heteroatoms. The molecular formula is C22H46O4Si2. The molecule has 166 valence electrons. The molecule has 0 unspecified atom stereocenters. The molecular weight excluding hydrogens is 384 g/mol. The van der Waals surface area contributed by atoms with Gasteiger partial charge in [-0.15, -0.1) is 0 Å². The smallest absolute Gasteiger partial charge is 0.289 e. The average Bonchev–Trinajstić information content (AvgIpc) is 2.64. The summed E-state index contributed by atoms with van der Waals surface area (Å²) in [5, 5.41) is 0. The van der Waals surface area contributed by atoms with Gasteiger partial charge in [0.25, 0.3) is 28.6 Å². The van der Waals surface area contributed by atoms with Gasteiger partial charge in [0.1, 0.15) is 0 Å². The van der Waals surface area contributed by atoms with Crippen LogP contribution in [0.1, 0.15) is 92.9 Å². The van der Waals surface area contributed by atoms with E-state index in [2.05, 4.69) is 27.7 Å². The van der Waals surface area contributed by atoms with Crippen molar-refractivity contribution in [3.63, 3.8) is 0 Å². The Morgan fingerprint density at radius 3 is 0.964 bits per heavy atom. The molecule has 0 N–H and O–H groups in total. The van der Waals surface area contributed by atoms with Crippen molar-refractivity contribution >= 4 is 28.6 Å². The first kappa shape index (κ1) is 27.4. The summed E-state index contributed by atoms with van der Waals surface area (Å²) < 4.78 is 12.3. The highest BCUT2D eigenvalue weighted by Crippen LogP contribution is 2.36. The van der Waals surface area contributed by atoms with Crippen LogP contribution >= 0.6 is 0 Å². The highest BCUT2D eigenvalue weighted by Gasteiger charge is 2.43. The molecule has 0 saturated carbocycles. The van der Waals surface area contributed by atoms with Crippen LogP contribution < -0.4 is 0 Å². The van der Waals surface area contributed by atoms with Gasteiger partial charge >= 0.3 is 0 Å². The van der Waals surface area contributed by atoms with E-state index in [1.54, 1.807) is 13.8 Å². The lowest BCUT2D eigenvalue weighted by Gasteiger charge is -2.36. The Balaban J connectivity index is 5.61. The molecule has 0 atom stereocenters. The highest BCUT2D eigenvalue weighted by molar-refractivity contribution is 6.80. The molecule has 0 aromatic heterocycles. The van der Waals surface area contributed by atoms with E-state index < -0.39 is 16.6 Å². The minimum Gasteiger partial charge on any atom is -0.519 e. The van der Waals surface area contributed by atoms with E-state index in [0.29, 0.717) is 0 Å². The van der Waals surface area contributed by atoms with Gasteiger partial charge in [-0.3, -0.25) is 9.59 Å². The summed E-state index contributed by atoms with van der Waals surface area (Å²) in [6.07, 6.45) is 8.98. The van der Waals surface area contributed by atoms with E-state index in [9.17, 15) is 9.59 Å². The van der Waals surface area contributed by atoms with E-state index in [-0.39, 0.29) is 11.9 Å². The topological polar surface area (TPSA) is 52.6 Å². The van der Waals surface area contributed by atoms with Crippen LogP contribution in [0.2, 0.25) is 36.3 Å². The van der Waals surface area contributed by atoms with Crippen LogP contribution in [0.4, 0.5) is 0 Å². The van der Waals surface area contributed by atoms with Crippen molar-refractivity contribution < 1.29 is 18.4 Å². The van der Waals surface area contributed by atoms with Crippen molar-refractivity contribution in [3.05, 3.63) is 0 Å². The second-order valence-corrected chi connectivity index (χ2v) is 16.6. The van der Waals surface area contributed by atoms with Crippen LogP contribution in [-0.2, 0) is 18.4 Å². The van der Waals surface area contributed by atoms with Gasteiger partial charge in [-0.2, -0.15) is 0 Å². The molecule has 0 fully saturated rings. The number of unbranched alkanes of at least 4 members (excludes halogenated alkanes) is 4. The maximum Gasteiger partial charge on any atom is 0.289 e. The number of hydrogen-bond acceptors (Lipinski definition) is 4. The maximum atomic E-state index is 12.0. The molecule has 0 aromatic rings. The average molecular weight is 431 g/mol. The first-order valence-electron chi connectivity index (χ1n) is 11.7. The van der Waals surface area contributed by atoms with Gasteiger partial charge in [-0.25, -0.2) is 0 Å². The van der Waals surface area contributed by atoms with E-state index >= 15 is 0 Å². The number of carbonyl (C=O) groups is 2. The Labute approximate surface area is 176 Å². The standard InChI is InChI=1S/C22H46O4Si2/c1-7-11-15-27(16-12-8-2,25-21(5)23)19-20-28(17-13-9-3,18-14-10-4)26-22(6)24/h7-20H2,1-6H3. The summed E-state index contributed by atoms with van der Waals surface area (Å²) in [7, 11) is -4.29. The van der Waals surface area contributed by atoms with Gasteiger partial charge in [0, 0.05) is 13.8 Å². The van der Waals surface area contributed by atoms with Crippen molar-refractivity contribution in [2.75, 3.05) is 0 Å². The molecule has 4 nitrogen and oxygen atoms in total. The molecule has 0 aliphatic heterocycles. The Morgan fingerprint density at radius 1 is 0.536 bits per heavy atom. The molecule has 0 spiro atoms. The van der Waals surface area contributed by atoms with Crippen LogP contribution in [0.5, 0.6) is 0 Å². The van der Waals surface area contributed by atoms with Gasteiger partial charge in [0.15, 0.2) is 0 Å². The SMILES string of the molecule is CCCC[Si](CCCC)(CC[Si](CCCC)(CCCC)OC(C)=O)OC(C)=O. The minimum atomic E-state index is -2.15. The zero-order chi connectivity index (χ0) is 21.5. The molecule has 0 saturated heterocycles. The Hall–Kier alpha value is -0.626. The van der Waals surface area contributed by atoms with Gasteiger partial charge in [0.2, 0.25) is 0 Å². The molecule has 0 radical (unpaired) electrons. The summed E-state index contributed by atoms with van der Waals surface area (Å²) in [5.74, 6) is -0.249. The molecule has 0 amide bonds. The summed E-state index contributed by atoms with van der Waals surface area (Å²) in [6, 6.07) is 6.15. The van der Waals surface area contributed by atoms with E-state index in [0.717, 1.165) is 87.6 Å². The van der Waals surface area contributed by atoms with Crippen molar-refractivity contribution in [3.8, 4) is 0 Å². The fourth-order valence-corrected chi connectivity index (χ4v) is 15.1. The van der Waals surface area contributed by atoms with Crippen molar-refractivity contribution in [1.29, 1.82) is 0 Å². The summed E-state index contributed by atoms with van der Waals surface area (Å²) in [6.45, 7) is 11.9. The van der Waals surface area contributed by atoms with Crippen LogP contribution in [0.3, 0.4) is 0 Å². The maximum absolute atomic E-state index is 12.0. The first-order chi connectivity index (χ1) is 13.3. The lowest BCUT2D eigenvalue weighted by atomic mass is 10.4. The third-order valence-corrected chi connectivity index (χ3v) is 15.0. The first-order valence-corrected chi connectivity index (χ1v) is 16.7. The molecule has 0 aliphatic carbocycles. The van der Waals surface area contributed by atoms with Gasteiger partial charge in [0.05, 0.1) is 0 Å². The Morgan fingerprint density at radius 2 is 0.786 bits per heavy atom. The molecule has 0 aliphatic rings.